The van der Waals surface area contributed by atoms with Crippen LogP contribution in [0.15, 0.2) is 24.3 Å². The molecule has 5 nitrogen and oxygen atoms in total. The fourth-order valence-corrected chi connectivity index (χ4v) is 2.32. The van der Waals surface area contributed by atoms with Crippen molar-refractivity contribution in [1.29, 1.82) is 0 Å². The highest BCUT2D eigenvalue weighted by atomic mass is 19.3. The highest BCUT2D eigenvalue weighted by molar-refractivity contribution is 5.51. The summed E-state index contributed by atoms with van der Waals surface area (Å²) in [6, 6.07) is 5.91. The van der Waals surface area contributed by atoms with Crippen molar-refractivity contribution >= 4 is 11.4 Å². The maximum absolute atomic E-state index is 13.0. The van der Waals surface area contributed by atoms with Gasteiger partial charge < -0.3 is 4.90 Å². The molecular weight excluding hydrogens is 306 g/mol. The van der Waals surface area contributed by atoms with Crippen molar-refractivity contribution < 1.29 is 22.5 Å². The van der Waals surface area contributed by atoms with E-state index in [1.54, 1.807) is 12.1 Å². The quantitative estimate of drug-likeness (QED) is 0.475. The Hall–Kier alpha value is -1.90. The van der Waals surface area contributed by atoms with Gasteiger partial charge >= 0.3 is 12.3 Å². The standard InChI is InChI=1S/C13H15F4N3O2/c14-12(15)13(16,17)9-18-5-7-19(8-6-18)10-1-3-11(4-2-10)20(21)22/h1-4,12H,5-9H2. The molecule has 1 heterocycles. The third kappa shape index (κ3) is 3.85. The van der Waals surface area contributed by atoms with Crippen LogP contribution in [0.4, 0.5) is 28.9 Å². The number of nitrogens with zero attached hydrogens (tertiary/aromatic N) is 3. The van der Waals surface area contributed by atoms with Crippen LogP contribution in [0, 0.1) is 10.1 Å². The Morgan fingerprint density at radius 3 is 2.14 bits per heavy atom. The molecule has 0 spiro atoms. The summed E-state index contributed by atoms with van der Waals surface area (Å²) >= 11 is 0. The number of rotatable bonds is 5. The number of nitro benzene ring substituents is 1. The van der Waals surface area contributed by atoms with Crippen LogP contribution in [0.25, 0.3) is 0 Å². The minimum atomic E-state index is -4.00. The molecule has 1 fully saturated rings. The van der Waals surface area contributed by atoms with Gasteiger partial charge in [-0.25, -0.2) is 8.78 Å². The van der Waals surface area contributed by atoms with Gasteiger partial charge in [0.05, 0.1) is 11.5 Å². The first-order valence-electron chi connectivity index (χ1n) is 6.67. The molecule has 1 aliphatic heterocycles. The van der Waals surface area contributed by atoms with Gasteiger partial charge in [-0.1, -0.05) is 0 Å². The summed E-state index contributed by atoms with van der Waals surface area (Å²) in [5, 5.41) is 10.6. The van der Waals surface area contributed by atoms with Crippen molar-refractivity contribution in [3.63, 3.8) is 0 Å². The van der Waals surface area contributed by atoms with Crippen molar-refractivity contribution in [3.8, 4) is 0 Å². The first-order chi connectivity index (χ1) is 10.3. The van der Waals surface area contributed by atoms with Gasteiger partial charge in [0.25, 0.3) is 5.69 Å². The lowest BCUT2D eigenvalue weighted by molar-refractivity contribution is -0.384. The fourth-order valence-electron chi connectivity index (χ4n) is 2.32. The van der Waals surface area contributed by atoms with E-state index in [1.165, 1.54) is 17.0 Å². The number of non-ortho nitro benzene ring substituents is 1. The summed E-state index contributed by atoms with van der Waals surface area (Å²) in [5.74, 6) is -4.00. The number of anilines is 1. The SMILES string of the molecule is O=[N+]([O-])c1ccc(N2CCN(CC(F)(F)C(F)F)CC2)cc1. The van der Waals surface area contributed by atoms with Gasteiger partial charge in [0.15, 0.2) is 0 Å². The van der Waals surface area contributed by atoms with Crippen LogP contribution in [0.2, 0.25) is 0 Å². The van der Waals surface area contributed by atoms with Gasteiger partial charge in [0, 0.05) is 44.0 Å². The van der Waals surface area contributed by atoms with Crippen LogP contribution in [0.5, 0.6) is 0 Å². The number of halogens is 4. The predicted molar refractivity (Wildman–Crippen MR) is 72.7 cm³/mol. The zero-order valence-electron chi connectivity index (χ0n) is 11.6. The number of piperazine rings is 1. The summed E-state index contributed by atoms with van der Waals surface area (Å²) < 4.78 is 50.3. The van der Waals surface area contributed by atoms with Crippen LogP contribution < -0.4 is 4.90 Å². The zero-order valence-corrected chi connectivity index (χ0v) is 11.6. The number of hydrogen-bond acceptors (Lipinski definition) is 4. The van der Waals surface area contributed by atoms with Gasteiger partial charge in [-0.05, 0) is 12.1 Å². The van der Waals surface area contributed by atoms with Crippen molar-refractivity contribution in [1.82, 2.24) is 4.90 Å². The topological polar surface area (TPSA) is 49.6 Å². The monoisotopic (exact) mass is 321 g/mol. The predicted octanol–water partition coefficient (Wildman–Crippen LogP) is 2.62. The van der Waals surface area contributed by atoms with Gasteiger partial charge in [-0.15, -0.1) is 0 Å². The number of benzene rings is 1. The molecule has 0 aliphatic carbocycles. The third-order valence-electron chi connectivity index (χ3n) is 3.55. The Kier molecular flexibility index (Phi) is 4.84. The lowest BCUT2D eigenvalue weighted by Crippen LogP contribution is -2.51. The normalized spacial score (nSPS) is 17.0. The van der Waals surface area contributed by atoms with E-state index in [9.17, 15) is 27.7 Å². The molecule has 2 rings (SSSR count). The zero-order chi connectivity index (χ0) is 16.3. The molecule has 0 saturated carbocycles. The first kappa shape index (κ1) is 16.5. The molecule has 1 aromatic carbocycles. The van der Waals surface area contributed by atoms with Gasteiger partial charge in [0.2, 0.25) is 0 Å². The largest absolute Gasteiger partial charge is 0.369 e. The van der Waals surface area contributed by atoms with Crippen LogP contribution in [-0.2, 0) is 0 Å². The van der Waals surface area contributed by atoms with Crippen LogP contribution in [0.3, 0.4) is 0 Å². The summed E-state index contributed by atoms with van der Waals surface area (Å²) in [7, 11) is 0. The average molecular weight is 321 g/mol. The van der Waals surface area contributed by atoms with Crippen molar-refractivity contribution in [2.24, 2.45) is 0 Å². The minimum absolute atomic E-state index is 0.0287. The molecule has 1 aromatic rings. The number of hydrogen-bond donors (Lipinski definition) is 0. The molecule has 0 amide bonds. The smallest absolute Gasteiger partial charge is 0.319 e. The Morgan fingerprint density at radius 2 is 1.68 bits per heavy atom. The molecule has 0 bridgehead atoms. The number of nitro groups is 1. The summed E-state index contributed by atoms with van der Waals surface area (Å²) in [6.45, 7) is 0.311. The Labute approximate surface area is 124 Å². The highest BCUT2D eigenvalue weighted by Gasteiger charge is 2.42. The number of alkyl halides is 4. The van der Waals surface area contributed by atoms with E-state index in [4.69, 9.17) is 0 Å². The highest BCUT2D eigenvalue weighted by Crippen LogP contribution is 2.25. The average Bonchev–Trinajstić information content (AvgIpc) is 2.47. The molecule has 0 atom stereocenters. The van der Waals surface area contributed by atoms with Crippen molar-refractivity contribution in [2.45, 2.75) is 12.3 Å². The second kappa shape index (κ2) is 6.47. The molecule has 0 radical (unpaired) electrons. The van der Waals surface area contributed by atoms with E-state index < -0.39 is 23.8 Å². The lowest BCUT2D eigenvalue weighted by Gasteiger charge is -2.37. The van der Waals surface area contributed by atoms with Crippen LogP contribution in [0.1, 0.15) is 0 Å². The molecule has 1 aliphatic rings. The van der Waals surface area contributed by atoms with E-state index in [0.29, 0.717) is 13.1 Å². The van der Waals surface area contributed by atoms with E-state index in [-0.39, 0.29) is 18.8 Å². The molecular formula is C13H15F4N3O2. The summed E-state index contributed by atoms with van der Waals surface area (Å²) in [6.07, 6.45) is -3.67. The van der Waals surface area contributed by atoms with Crippen LogP contribution in [-0.4, -0.2) is 54.9 Å². The maximum Gasteiger partial charge on any atom is 0.319 e. The molecule has 0 unspecified atom stereocenters. The van der Waals surface area contributed by atoms with E-state index in [0.717, 1.165) is 5.69 Å². The molecule has 0 N–H and O–H groups in total. The Balaban J connectivity index is 1.90. The van der Waals surface area contributed by atoms with E-state index in [2.05, 4.69) is 0 Å². The van der Waals surface area contributed by atoms with Crippen LogP contribution >= 0.6 is 0 Å². The van der Waals surface area contributed by atoms with Crippen molar-refractivity contribution in [2.75, 3.05) is 37.6 Å². The first-order valence-corrected chi connectivity index (χ1v) is 6.67. The van der Waals surface area contributed by atoms with E-state index >= 15 is 0 Å². The van der Waals surface area contributed by atoms with Gasteiger partial charge in [-0.3, -0.25) is 15.0 Å². The van der Waals surface area contributed by atoms with Crippen molar-refractivity contribution in [3.05, 3.63) is 34.4 Å². The second-order valence-corrected chi connectivity index (χ2v) is 5.10. The second-order valence-electron chi connectivity index (χ2n) is 5.10. The van der Waals surface area contributed by atoms with Gasteiger partial charge in [0.1, 0.15) is 0 Å². The molecule has 22 heavy (non-hydrogen) atoms. The Bertz CT molecular complexity index is 517. The minimum Gasteiger partial charge on any atom is -0.369 e. The third-order valence-corrected chi connectivity index (χ3v) is 3.55. The molecule has 0 aromatic heterocycles. The maximum atomic E-state index is 13.0. The summed E-state index contributed by atoms with van der Waals surface area (Å²) in [4.78, 5) is 13.2. The van der Waals surface area contributed by atoms with Gasteiger partial charge in [-0.2, -0.15) is 8.78 Å². The molecule has 1 saturated heterocycles. The summed E-state index contributed by atoms with van der Waals surface area (Å²) in [5.41, 5.74) is 0.713. The molecule has 9 heteroatoms. The Morgan fingerprint density at radius 1 is 1.14 bits per heavy atom. The lowest BCUT2D eigenvalue weighted by atomic mass is 10.2. The van der Waals surface area contributed by atoms with E-state index in [1.807, 2.05) is 4.90 Å². The fraction of sp³-hybridized carbons (Fsp3) is 0.538. The molecule has 122 valence electrons.